The number of likely N-dealkylation sites (N-methyl/N-ethyl adjacent to an activating group) is 1. The Kier molecular flexibility index (Phi) is 7.47. The molecule has 26 heavy (non-hydrogen) atoms. The van der Waals surface area contributed by atoms with Crippen LogP contribution in [0.5, 0.6) is 5.75 Å². The summed E-state index contributed by atoms with van der Waals surface area (Å²) < 4.78 is 42.0. The number of benzene rings is 2. The van der Waals surface area contributed by atoms with E-state index >= 15 is 0 Å². The summed E-state index contributed by atoms with van der Waals surface area (Å²) in [4.78, 5) is 13.7. The van der Waals surface area contributed by atoms with E-state index in [0.717, 1.165) is 5.56 Å². The number of rotatable bonds is 9. The number of amides is 1. The van der Waals surface area contributed by atoms with Crippen LogP contribution >= 0.6 is 0 Å². The second-order valence-electron chi connectivity index (χ2n) is 5.89. The fourth-order valence-corrected chi connectivity index (χ4v) is 2.46. The van der Waals surface area contributed by atoms with Crippen LogP contribution in [0.1, 0.15) is 11.1 Å². The zero-order chi connectivity index (χ0) is 18.9. The number of hydrogen-bond donors (Lipinski definition) is 1. The van der Waals surface area contributed by atoms with Gasteiger partial charge in [0.15, 0.2) is 0 Å². The molecule has 0 aliphatic heterocycles. The predicted octanol–water partition coefficient (Wildman–Crippen LogP) is 3.22. The van der Waals surface area contributed by atoms with Crippen molar-refractivity contribution in [1.82, 2.24) is 10.2 Å². The number of carbonyl (C=O) groups excluding carboxylic acids is 1. The minimum absolute atomic E-state index is 0.0996. The van der Waals surface area contributed by atoms with E-state index in [0.29, 0.717) is 25.1 Å². The van der Waals surface area contributed by atoms with Gasteiger partial charge in [-0.15, -0.1) is 0 Å². The summed E-state index contributed by atoms with van der Waals surface area (Å²) in [6.07, 6.45) is 0.567. The molecular formula is C19H21F3N2O2. The van der Waals surface area contributed by atoms with Crippen molar-refractivity contribution in [1.29, 1.82) is 0 Å². The van der Waals surface area contributed by atoms with Crippen LogP contribution in [0.2, 0.25) is 0 Å². The maximum atomic E-state index is 13.6. The highest BCUT2D eigenvalue weighted by Gasteiger charge is 2.09. The smallest absolute Gasteiger partial charge is 0.387 e. The molecule has 0 bridgehead atoms. The van der Waals surface area contributed by atoms with Crippen LogP contribution in [0, 0.1) is 5.82 Å². The summed E-state index contributed by atoms with van der Waals surface area (Å²) >= 11 is 0. The van der Waals surface area contributed by atoms with Crippen molar-refractivity contribution in [2.24, 2.45) is 0 Å². The van der Waals surface area contributed by atoms with Crippen molar-refractivity contribution < 1.29 is 22.7 Å². The summed E-state index contributed by atoms with van der Waals surface area (Å²) in [5.41, 5.74) is 1.43. The number of nitrogens with zero attached hydrogens (tertiary/aromatic N) is 1. The van der Waals surface area contributed by atoms with Crippen LogP contribution in [0.25, 0.3) is 0 Å². The maximum Gasteiger partial charge on any atom is 0.387 e. The first-order valence-electron chi connectivity index (χ1n) is 8.16. The molecule has 0 aliphatic rings. The van der Waals surface area contributed by atoms with Crippen molar-refractivity contribution in [2.75, 3.05) is 20.1 Å². The van der Waals surface area contributed by atoms with Crippen LogP contribution < -0.4 is 10.1 Å². The summed E-state index contributed by atoms with van der Waals surface area (Å²) in [5, 5.41) is 2.78. The van der Waals surface area contributed by atoms with Gasteiger partial charge >= 0.3 is 6.61 Å². The van der Waals surface area contributed by atoms with E-state index in [1.807, 2.05) is 0 Å². The molecule has 0 aliphatic carbocycles. The largest absolute Gasteiger partial charge is 0.435 e. The summed E-state index contributed by atoms with van der Waals surface area (Å²) in [6.45, 7) is -1.94. The predicted molar refractivity (Wildman–Crippen MR) is 92.5 cm³/mol. The Balaban J connectivity index is 1.70. The molecule has 0 saturated carbocycles. The second-order valence-corrected chi connectivity index (χ2v) is 5.89. The number of ether oxygens (including phenoxy) is 1. The van der Waals surface area contributed by atoms with E-state index in [9.17, 15) is 18.0 Å². The van der Waals surface area contributed by atoms with Gasteiger partial charge < -0.3 is 10.1 Å². The van der Waals surface area contributed by atoms with Crippen molar-refractivity contribution in [3.8, 4) is 5.75 Å². The average Bonchev–Trinajstić information content (AvgIpc) is 2.58. The first kappa shape index (κ1) is 19.8. The summed E-state index contributed by atoms with van der Waals surface area (Å²) in [6, 6.07) is 12.7. The third-order valence-corrected chi connectivity index (χ3v) is 3.70. The standard InChI is InChI=1S/C19H21F3N2O2/c1-24(12-15-4-2-3-5-17(15)20)13-18(25)23-11-10-14-6-8-16(9-7-14)26-19(21)22/h2-9,19H,10-13H2,1H3,(H,23,25). The van der Waals surface area contributed by atoms with E-state index in [1.54, 1.807) is 42.3 Å². The molecular weight excluding hydrogens is 345 g/mol. The lowest BCUT2D eigenvalue weighted by atomic mass is 10.1. The highest BCUT2D eigenvalue weighted by atomic mass is 19.3. The molecule has 0 unspecified atom stereocenters. The normalized spacial score (nSPS) is 11.0. The third kappa shape index (κ3) is 6.76. The van der Waals surface area contributed by atoms with Crippen molar-refractivity contribution >= 4 is 5.91 Å². The van der Waals surface area contributed by atoms with E-state index < -0.39 is 6.61 Å². The van der Waals surface area contributed by atoms with Crippen LogP contribution in [-0.2, 0) is 17.8 Å². The molecule has 2 aromatic carbocycles. The molecule has 0 aromatic heterocycles. The molecule has 1 amide bonds. The van der Waals surface area contributed by atoms with Gasteiger partial charge in [0.25, 0.3) is 0 Å². The summed E-state index contributed by atoms with van der Waals surface area (Å²) in [5.74, 6) is -0.358. The minimum atomic E-state index is -2.85. The molecule has 0 spiro atoms. The van der Waals surface area contributed by atoms with Gasteiger partial charge in [0.05, 0.1) is 6.54 Å². The van der Waals surface area contributed by atoms with Crippen LogP contribution in [-0.4, -0.2) is 37.6 Å². The SMILES string of the molecule is CN(CC(=O)NCCc1ccc(OC(F)F)cc1)Cc1ccccc1F. The van der Waals surface area contributed by atoms with Gasteiger partial charge in [0.2, 0.25) is 5.91 Å². The second kappa shape index (κ2) is 9.82. The number of alkyl halides is 2. The van der Waals surface area contributed by atoms with Gasteiger partial charge in [-0.3, -0.25) is 9.69 Å². The van der Waals surface area contributed by atoms with E-state index in [4.69, 9.17) is 0 Å². The summed E-state index contributed by atoms with van der Waals surface area (Å²) in [7, 11) is 1.74. The topological polar surface area (TPSA) is 41.6 Å². The fourth-order valence-electron chi connectivity index (χ4n) is 2.46. The zero-order valence-electron chi connectivity index (χ0n) is 14.4. The first-order valence-corrected chi connectivity index (χ1v) is 8.16. The number of hydrogen-bond acceptors (Lipinski definition) is 3. The molecule has 0 radical (unpaired) electrons. The minimum Gasteiger partial charge on any atom is -0.435 e. The zero-order valence-corrected chi connectivity index (χ0v) is 14.4. The maximum absolute atomic E-state index is 13.6. The Morgan fingerprint density at radius 2 is 1.85 bits per heavy atom. The van der Waals surface area contributed by atoms with Crippen molar-refractivity contribution in [2.45, 2.75) is 19.6 Å². The molecule has 2 rings (SSSR count). The Morgan fingerprint density at radius 3 is 2.50 bits per heavy atom. The molecule has 140 valence electrons. The Hall–Kier alpha value is -2.54. The number of nitrogens with one attached hydrogen (secondary N) is 1. The molecule has 0 atom stereocenters. The van der Waals surface area contributed by atoms with Gasteiger partial charge in [-0.1, -0.05) is 30.3 Å². The highest BCUT2D eigenvalue weighted by Crippen LogP contribution is 2.15. The average molecular weight is 366 g/mol. The lowest BCUT2D eigenvalue weighted by Gasteiger charge is -2.16. The van der Waals surface area contributed by atoms with Gasteiger partial charge in [-0.05, 0) is 37.2 Å². The van der Waals surface area contributed by atoms with E-state index in [-0.39, 0.29) is 24.0 Å². The van der Waals surface area contributed by atoms with E-state index in [2.05, 4.69) is 10.1 Å². The molecule has 0 heterocycles. The van der Waals surface area contributed by atoms with Crippen LogP contribution in [0.4, 0.5) is 13.2 Å². The Morgan fingerprint density at radius 1 is 1.15 bits per heavy atom. The van der Waals surface area contributed by atoms with Crippen molar-refractivity contribution in [3.63, 3.8) is 0 Å². The molecule has 2 aromatic rings. The van der Waals surface area contributed by atoms with Crippen LogP contribution in [0.15, 0.2) is 48.5 Å². The van der Waals surface area contributed by atoms with Crippen LogP contribution in [0.3, 0.4) is 0 Å². The quantitative estimate of drug-likeness (QED) is 0.741. The number of carbonyl (C=O) groups is 1. The van der Waals surface area contributed by atoms with E-state index in [1.165, 1.54) is 18.2 Å². The number of halogens is 3. The lowest BCUT2D eigenvalue weighted by Crippen LogP contribution is -2.36. The first-order chi connectivity index (χ1) is 12.4. The highest BCUT2D eigenvalue weighted by molar-refractivity contribution is 5.77. The molecule has 7 heteroatoms. The Labute approximate surface area is 150 Å². The van der Waals surface area contributed by atoms with Gasteiger partial charge in [0.1, 0.15) is 11.6 Å². The molecule has 4 nitrogen and oxygen atoms in total. The Bertz CT molecular complexity index is 708. The monoisotopic (exact) mass is 366 g/mol. The van der Waals surface area contributed by atoms with Gasteiger partial charge in [0, 0.05) is 18.7 Å². The third-order valence-electron chi connectivity index (χ3n) is 3.70. The van der Waals surface area contributed by atoms with Crippen molar-refractivity contribution in [3.05, 3.63) is 65.5 Å². The lowest BCUT2D eigenvalue weighted by molar-refractivity contribution is -0.122. The molecule has 0 fully saturated rings. The fraction of sp³-hybridized carbons (Fsp3) is 0.316. The van der Waals surface area contributed by atoms with Gasteiger partial charge in [-0.2, -0.15) is 8.78 Å². The van der Waals surface area contributed by atoms with Gasteiger partial charge in [-0.25, -0.2) is 4.39 Å². The molecule has 0 saturated heterocycles. The molecule has 1 N–H and O–H groups in total.